The number of hydrogen-bond donors (Lipinski definition) is 2. The van der Waals surface area contributed by atoms with Crippen molar-refractivity contribution in [1.29, 1.82) is 0 Å². The molecule has 0 heterocycles. The first-order chi connectivity index (χ1) is 5.37. The van der Waals surface area contributed by atoms with E-state index >= 15 is 0 Å². The second-order valence-electron chi connectivity index (χ2n) is 2.51. The minimum absolute atomic E-state index is 0.0142. The summed E-state index contributed by atoms with van der Waals surface area (Å²) in [5.41, 5.74) is 5.18. The van der Waals surface area contributed by atoms with Crippen molar-refractivity contribution in [1.82, 2.24) is 4.90 Å². The summed E-state index contributed by atoms with van der Waals surface area (Å²) in [4.78, 5) is 1.35. The average Bonchev–Trinajstić information content (AvgIpc) is 1.97. The lowest BCUT2D eigenvalue weighted by molar-refractivity contribution is 0.306. The zero-order valence-corrected chi connectivity index (χ0v) is 7.87. The van der Waals surface area contributed by atoms with Crippen molar-refractivity contribution in [3.05, 3.63) is 0 Å². The summed E-state index contributed by atoms with van der Waals surface area (Å²) < 4.78 is 21.4. The maximum absolute atomic E-state index is 10.7. The van der Waals surface area contributed by atoms with E-state index in [0.29, 0.717) is 0 Å². The monoisotopic (exact) mass is 195 g/mol. The van der Waals surface area contributed by atoms with Crippen molar-refractivity contribution in [3.8, 4) is 0 Å². The molecule has 0 aliphatic carbocycles. The highest BCUT2D eigenvalue weighted by Crippen LogP contribution is 1.86. The lowest BCUT2D eigenvalue weighted by Crippen LogP contribution is -2.36. The van der Waals surface area contributed by atoms with E-state index in [-0.39, 0.29) is 18.3 Å². The Balaban J connectivity index is 3.97. The number of rotatable bonds is 3. The van der Waals surface area contributed by atoms with Gasteiger partial charge < -0.3 is 15.8 Å². The minimum Gasteiger partial charge on any atom is -0.408 e. The molecule has 7 heteroatoms. The van der Waals surface area contributed by atoms with Gasteiger partial charge in [0.2, 0.25) is 5.96 Å². The maximum Gasteiger partial charge on any atom is 0.233 e. The standard InChI is InChI=1S/C5H13N3O3S/c1-8(5(6)7-9)3-4-12(2,10)11/h9H,3-4H2,1-2H3,(H2,6,7). The number of nitrogens with zero attached hydrogens (tertiary/aromatic N) is 2. The van der Waals surface area contributed by atoms with Crippen LogP contribution >= 0.6 is 0 Å². The molecule has 0 aliphatic rings. The van der Waals surface area contributed by atoms with Gasteiger partial charge in [0.25, 0.3) is 0 Å². The van der Waals surface area contributed by atoms with Crippen LogP contribution in [0.25, 0.3) is 0 Å². The molecule has 72 valence electrons. The van der Waals surface area contributed by atoms with E-state index in [4.69, 9.17) is 10.9 Å². The van der Waals surface area contributed by atoms with Crippen molar-refractivity contribution in [3.63, 3.8) is 0 Å². The molecule has 3 N–H and O–H groups in total. The lowest BCUT2D eigenvalue weighted by atomic mass is 10.6. The Labute approximate surface area is 71.6 Å². The SMILES string of the molecule is CN(CCS(C)(=O)=O)C(N)=NO. The third-order valence-corrected chi connectivity index (χ3v) is 2.22. The molecule has 0 aliphatic heterocycles. The summed E-state index contributed by atoms with van der Waals surface area (Å²) in [5.74, 6) is -0.113. The second-order valence-corrected chi connectivity index (χ2v) is 4.77. The first-order valence-electron chi connectivity index (χ1n) is 3.23. The molecule has 0 amide bonds. The van der Waals surface area contributed by atoms with E-state index in [0.717, 1.165) is 6.26 Å². The normalized spacial score (nSPS) is 13.0. The number of nitrogens with two attached hydrogens (primary N) is 1. The topological polar surface area (TPSA) is 96.0 Å². The molecule has 0 rings (SSSR count). The molecule has 0 aromatic heterocycles. The number of sulfone groups is 1. The van der Waals surface area contributed by atoms with Gasteiger partial charge in [-0.15, -0.1) is 0 Å². The van der Waals surface area contributed by atoms with Crippen molar-refractivity contribution in [2.75, 3.05) is 25.6 Å². The molecule has 0 aromatic rings. The number of oxime groups is 1. The van der Waals surface area contributed by atoms with Crippen molar-refractivity contribution in [2.24, 2.45) is 10.9 Å². The van der Waals surface area contributed by atoms with Gasteiger partial charge in [0.15, 0.2) is 0 Å². The Kier molecular flexibility index (Phi) is 3.81. The quantitative estimate of drug-likeness (QED) is 0.252. The maximum atomic E-state index is 10.7. The molecule has 0 aromatic carbocycles. The van der Waals surface area contributed by atoms with Crippen LogP contribution in [-0.4, -0.2) is 50.1 Å². The molecule has 0 saturated heterocycles. The smallest absolute Gasteiger partial charge is 0.233 e. The van der Waals surface area contributed by atoms with Crippen LogP contribution in [0.5, 0.6) is 0 Å². The molecule has 0 fully saturated rings. The highest BCUT2D eigenvalue weighted by molar-refractivity contribution is 7.90. The summed E-state index contributed by atoms with van der Waals surface area (Å²) in [6.07, 6.45) is 1.13. The summed E-state index contributed by atoms with van der Waals surface area (Å²) >= 11 is 0. The summed E-state index contributed by atoms with van der Waals surface area (Å²) in [7, 11) is -1.45. The Bertz CT molecular complexity index is 259. The first-order valence-corrected chi connectivity index (χ1v) is 5.29. The predicted molar refractivity (Wildman–Crippen MR) is 45.7 cm³/mol. The van der Waals surface area contributed by atoms with E-state index < -0.39 is 9.84 Å². The van der Waals surface area contributed by atoms with E-state index in [2.05, 4.69) is 5.16 Å². The fraction of sp³-hybridized carbons (Fsp3) is 0.800. The van der Waals surface area contributed by atoms with Crippen molar-refractivity contribution < 1.29 is 13.6 Å². The van der Waals surface area contributed by atoms with Crippen LogP contribution in [0.15, 0.2) is 5.16 Å². The fourth-order valence-corrected chi connectivity index (χ4v) is 1.10. The van der Waals surface area contributed by atoms with Crippen molar-refractivity contribution in [2.45, 2.75) is 0 Å². The molecule has 0 atom stereocenters. The summed E-state index contributed by atoms with van der Waals surface area (Å²) in [5, 5.41) is 10.9. The molecule has 0 saturated carbocycles. The van der Waals surface area contributed by atoms with Crippen molar-refractivity contribution >= 4 is 15.8 Å². The Morgan fingerprint density at radius 3 is 2.50 bits per heavy atom. The Morgan fingerprint density at radius 1 is 1.67 bits per heavy atom. The van der Waals surface area contributed by atoms with Gasteiger partial charge >= 0.3 is 0 Å². The van der Waals surface area contributed by atoms with Gasteiger partial charge in [-0.2, -0.15) is 0 Å². The highest BCUT2D eigenvalue weighted by Gasteiger charge is 2.06. The molecule has 0 bridgehead atoms. The van der Waals surface area contributed by atoms with Gasteiger partial charge in [0.05, 0.1) is 5.75 Å². The third-order valence-electron chi connectivity index (χ3n) is 1.29. The molecule has 0 radical (unpaired) electrons. The summed E-state index contributed by atoms with van der Waals surface area (Å²) in [6, 6.07) is 0. The number of hydrogen-bond acceptors (Lipinski definition) is 4. The largest absolute Gasteiger partial charge is 0.408 e. The van der Waals surface area contributed by atoms with Crippen LogP contribution in [-0.2, 0) is 9.84 Å². The van der Waals surface area contributed by atoms with Gasteiger partial charge in [0.1, 0.15) is 9.84 Å². The first kappa shape index (κ1) is 11.0. The van der Waals surface area contributed by atoms with Crippen LogP contribution in [0.3, 0.4) is 0 Å². The fourth-order valence-electron chi connectivity index (χ4n) is 0.494. The van der Waals surface area contributed by atoms with Gasteiger partial charge in [-0.3, -0.25) is 0 Å². The third kappa shape index (κ3) is 4.78. The second kappa shape index (κ2) is 4.15. The van der Waals surface area contributed by atoms with E-state index in [1.807, 2.05) is 0 Å². The minimum atomic E-state index is -2.99. The van der Waals surface area contributed by atoms with Gasteiger partial charge in [-0.05, 0) is 0 Å². The molecular formula is C5H13N3O3S. The average molecular weight is 195 g/mol. The van der Waals surface area contributed by atoms with Crippen LogP contribution in [0.2, 0.25) is 0 Å². The Morgan fingerprint density at radius 2 is 2.17 bits per heavy atom. The molecule has 12 heavy (non-hydrogen) atoms. The van der Waals surface area contributed by atoms with Crippen LogP contribution < -0.4 is 5.73 Å². The van der Waals surface area contributed by atoms with E-state index in [1.165, 1.54) is 4.90 Å². The van der Waals surface area contributed by atoms with Gasteiger partial charge in [-0.1, -0.05) is 5.16 Å². The van der Waals surface area contributed by atoms with Crippen LogP contribution in [0, 0.1) is 0 Å². The molecule has 6 nitrogen and oxygen atoms in total. The molecule has 0 unspecified atom stereocenters. The summed E-state index contributed by atoms with van der Waals surface area (Å²) in [6.45, 7) is 0.217. The van der Waals surface area contributed by atoms with Gasteiger partial charge in [0, 0.05) is 19.8 Å². The molecular weight excluding hydrogens is 182 g/mol. The van der Waals surface area contributed by atoms with E-state index in [9.17, 15) is 8.42 Å². The zero-order valence-electron chi connectivity index (χ0n) is 7.06. The van der Waals surface area contributed by atoms with Gasteiger partial charge in [-0.25, -0.2) is 8.42 Å². The lowest BCUT2D eigenvalue weighted by Gasteiger charge is -2.15. The zero-order chi connectivity index (χ0) is 9.78. The van der Waals surface area contributed by atoms with Crippen LogP contribution in [0.1, 0.15) is 0 Å². The predicted octanol–water partition coefficient (Wildman–Crippen LogP) is -1.33. The van der Waals surface area contributed by atoms with Crippen LogP contribution in [0.4, 0.5) is 0 Å². The Hall–Kier alpha value is -0.980. The molecule has 0 spiro atoms. The highest BCUT2D eigenvalue weighted by atomic mass is 32.2. The van der Waals surface area contributed by atoms with E-state index in [1.54, 1.807) is 7.05 Å². The number of guanidine groups is 1.